The summed E-state index contributed by atoms with van der Waals surface area (Å²) in [5.74, 6) is 4.92. The lowest BCUT2D eigenvalue weighted by Gasteiger charge is -1.99. The van der Waals surface area contributed by atoms with E-state index < -0.39 is 5.97 Å². The van der Waals surface area contributed by atoms with Crippen molar-refractivity contribution in [1.29, 1.82) is 0 Å². The molecule has 0 saturated heterocycles. The van der Waals surface area contributed by atoms with Crippen molar-refractivity contribution in [3.8, 4) is 11.5 Å². The number of aliphatic carboxylic acids is 1. The Bertz CT molecular complexity index is 493. The fourth-order valence-electron chi connectivity index (χ4n) is 0.986. The van der Waals surface area contributed by atoms with E-state index in [1.165, 1.54) is 10.9 Å². The van der Waals surface area contributed by atoms with Crippen molar-refractivity contribution in [2.24, 2.45) is 0 Å². The second kappa shape index (κ2) is 4.18. The normalized spacial score (nSPS) is 10.5. The lowest BCUT2D eigenvalue weighted by Crippen LogP contribution is -2.12. The summed E-state index contributed by atoms with van der Waals surface area (Å²) in [6.07, 6.45) is 1.44. The summed E-state index contributed by atoms with van der Waals surface area (Å²) < 4.78 is 1.17. The van der Waals surface area contributed by atoms with Gasteiger partial charge in [0.2, 0.25) is 11.0 Å². The Balaban J connectivity index is 2.21. The first-order chi connectivity index (χ1) is 7.68. The van der Waals surface area contributed by atoms with E-state index in [4.69, 9.17) is 10.9 Å². The number of nitrogen functional groups attached to an aromatic ring is 1. The van der Waals surface area contributed by atoms with Crippen molar-refractivity contribution >= 4 is 17.7 Å². The molecule has 0 bridgehead atoms. The van der Waals surface area contributed by atoms with Crippen LogP contribution in [0, 0.1) is 0 Å². The molecule has 0 unspecified atom stereocenters. The standard InChI is InChI=1S/C6H7N7O2S/c7-13-5(3-1-8-12-9-3)10-11-6(13)16-2-4(14)15/h1H,2,7H2,(H,14,15)(H,8,9,12). The summed E-state index contributed by atoms with van der Waals surface area (Å²) in [4.78, 5) is 10.4. The summed E-state index contributed by atoms with van der Waals surface area (Å²) in [7, 11) is 0. The quantitative estimate of drug-likeness (QED) is 0.456. The smallest absolute Gasteiger partial charge is 0.313 e. The minimum Gasteiger partial charge on any atom is -0.481 e. The number of hydrogen-bond acceptors (Lipinski definition) is 7. The van der Waals surface area contributed by atoms with Crippen LogP contribution >= 0.6 is 11.8 Å². The Morgan fingerprint density at radius 2 is 2.44 bits per heavy atom. The van der Waals surface area contributed by atoms with Crippen LogP contribution in [0.3, 0.4) is 0 Å². The van der Waals surface area contributed by atoms with Gasteiger partial charge in [0.05, 0.1) is 11.9 Å². The number of carbonyl (C=O) groups is 1. The van der Waals surface area contributed by atoms with Gasteiger partial charge >= 0.3 is 5.97 Å². The third-order valence-electron chi connectivity index (χ3n) is 1.63. The van der Waals surface area contributed by atoms with Gasteiger partial charge in [0, 0.05) is 0 Å². The summed E-state index contributed by atoms with van der Waals surface area (Å²) in [6, 6.07) is 0. The van der Waals surface area contributed by atoms with Gasteiger partial charge in [0.25, 0.3) is 0 Å². The van der Waals surface area contributed by atoms with Crippen LogP contribution < -0.4 is 5.84 Å². The Morgan fingerprint density at radius 1 is 1.62 bits per heavy atom. The number of aromatic nitrogens is 6. The highest BCUT2D eigenvalue weighted by Gasteiger charge is 2.14. The topological polar surface area (TPSA) is 136 Å². The maximum absolute atomic E-state index is 10.4. The molecule has 9 nitrogen and oxygen atoms in total. The van der Waals surface area contributed by atoms with E-state index in [0.717, 1.165) is 11.8 Å². The van der Waals surface area contributed by atoms with E-state index in [2.05, 4.69) is 25.6 Å². The number of nitrogens with one attached hydrogen (secondary N) is 1. The minimum absolute atomic E-state index is 0.131. The number of rotatable bonds is 4. The predicted molar refractivity (Wildman–Crippen MR) is 53.9 cm³/mol. The number of thioether (sulfide) groups is 1. The number of aromatic amines is 1. The first-order valence-electron chi connectivity index (χ1n) is 4.09. The van der Waals surface area contributed by atoms with E-state index in [0.29, 0.717) is 16.7 Å². The largest absolute Gasteiger partial charge is 0.481 e. The first-order valence-corrected chi connectivity index (χ1v) is 5.08. The van der Waals surface area contributed by atoms with E-state index in [-0.39, 0.29) is 5.75 Å². The zero-order valence-electron chi connectivity index (χ0n) is 7.86. The van der Waals surface area contributed by atoms with Gasteiger partial charge in [-0.2, -0.15) is 15.4 Å². The zero-order valence-corrected chi connectivity index (χ0v) is 8.68. The third-order valence-corrected chi connectivity index (χ3v) is 2.56. The van der Waals surface area contributed by atoms with Gasteiger partial charge in [-0.3, -0.25) is 4.79 Å². The lowest BCUT2D eigenvalue weighted by molar-refractivity contribution is -0.133. The summed E-state index contributed by atoms with van der Waals surface area (Å²) in [6.45, 7) is 0. The molecule has 84 valence electrons. The molecule has 0 saturated carbocycles. The van der Waals surface area contributed by atoms with Gasteiger partial charge in [0.1, 0.15) is 0 Å². The van der Waals surface area contributed by atoms with Crippen molar-refractivity contribution in [3.05, 3.63) is 6.20 Å². The van der Waals surface area contributed by atoms with Crippen LogP contribution in [0.4, 0.5) is 0 Å². The van der Waals surface area contributed by atoms with E-state index in [9.17, 15) is 4.79 Å². The SMILES string of the molecule is Nn1c(SCC(=O)O)nnc1-c1cn[nH]n1. The van der Waals surface area contributed by atoms with Crippen LogP contribution in [0.15, 0.2) is 11.4 Å². The fourth-order valence-corrected chi connectivity index (χ4v) is 1.56. The summed E-state index contributed by atoms with van der Waals surface area (Å²) in [5, 5.41) is 26.2. The maximum atomic E-state index is 10.4. The number of nitrogens with two attached hydrogens (primary N) is 1. The minimum atomic E-state index is -0.948. The molecule has 0 fully saturated rings. The number of carboxylic acids is 1. The molecule has 0 spiro atoms. The Labute approximate surface area is 93.0 Å². The van der Waals surface area contributed by atoms with E-state index in [1.807, 2.05) is 0 Å². The monoisotopic (exact) mass is 241 g/mol. The average Bonchev–Trinajstić information content (AvgIpc) is 2.84. The molecule has 10 heteroatoms. The Kier molecular flexibility index (Phi) is 2.72. The van der Waals surface area contributed by atoms with Crippen LogP contribution in [0.1, 0.15) is 0 Å². The third kappa shape index (κ3) is 1.95. The first kappa shape index (κ1) is 10.4. The van der Waals surface area contributed by atoms with Crippen LogP contribution in [0.2, 0.25) is 0 Å². The average molecular weight is 241 g/mol. The molecule has 0 aliphatic rings. The molecule has 2 aromatic heterocycles. The van der Waals surface area contributed by atoms with Gasteiger partial charge in [-0.15, -0.1) is 10.2 Å². The molecular formula is C6H7N7O2S. The van der Waals surface area contributed by atoms with Crippen LogP contribution in [0.5, 0.6) is 0 Å². The molecule has 0 aliphatic carbocycles. The Morgan fingerprint density at radius 3 is 3.06 bits per heavy atom. The molecule has 0 radical (unpaired) electrons. The second-order valence-corrected chi connectivity index (χ2v) is 3.66. The molecule has 2 aromatic rings. The molecule has 0 amide bonds. The highest BCUT2D eigenvalue weighted by molar-refractivity contribution is 7.99. The second-order valence-electron chi connectivity index (χ2n) is 2.71. The molecule has 2 rings (SSSR count). The number of hydrogen-bond donors (Lipinski definition) is 3. The van der Waals surface area contributed by atoms with E-state index >= 15 is 0 Å². The fraction of sp³-hybridized carbons (Fsp3) is 0.167. The van der Waals surface area contributed by atoms with Crippen LogP contribution in [0.25, 0.3) is 11.5 Å². The lowest BCUT2D eigenvalue weighted by atomic mass is 10.5. The molecule has 0 aliphatic heterocycles. The molecule has 0 atom stereocenters. The molecule has 4 N–H and O–H groups in total. The molecule has 0 aromatic carbocycles. The maximum Gasteiger partial charge on any atom is 0.313 e. The Hall–Kier alpha value is -2.10. The highest BCUT2D eigenvalue weighted by atomic mass is 32.2. The number of nitrogens with zero attached hydrogens (tertiary/aromatic N) is 5. The number of carboxylic acid groups (broad SMARTS) is 1. The van der Waals surface area contributed by atoms with E-state index in [1.54, 1.807) is 0 Å². The predicted octanol–water partition coefficient (Wildman–Crippen LogP) is -1.05. The van der Waals surface area contributed by atoms with Crippen LogP contribution in [-0.4, -0.2) is 47.1 Å². The van der Waals surface area contributed by atoms with Crippen molar-refractivity contribution < 1.29 is 9.90 Å². The van der Waals surface area contributed by atoms with Gasteiger partial charge < -0.3 is 10.9 Å². The van der Waals surface area contributed by atoms with Crippen LogP contribution in [-0.2, 0) is 4.79 Å². The summed E-state index contributed by atoms with van der Waals surface area (Å²) in [5.41, 5.74) is 0.442. The van der Waals surface area contributed by atoms with Crippen molar-refractivity contribution in [1.82, 2.24) is 30.3 Å². The highest BCUT2D eigenvalue weighted by Crippen LogP contribution is 2.18. The van der Waals surface area contributed by atoms with Crippen molar-refractivity contribution in [2.75, 3.05) is 11.6 Å². The zero-order chi connectivity index (χ0) is 11.5. The van der Waals surface area contributed by atoms with Gasteiger partial charge in [0.15, 0.2) is 5.69 Å². The summed E-state index contributed by atoms with van der Waals surface area (Å²) >= 11 is 0.980. The molecular weight excluding hydrogens is 234 g/mol. The van der Waals surface area contributed by atoms with Crippen molar-refractivity contribution in [3.63, 3.8) is 0 Å². The molecule has 16 heavy (non-hydrogen) atoms. The van der Waals surface area contributed by atoms with Gasteiger partial charge in [-0.25, -0.2) is 4.68 Å². The molecule has 2 heterocycles. The van der Waals surface area contributed by atoms with Crippen molar-refractivity contribution in [2.45, 2.75) is 5.16 Å². The van der Waals surface area contributed by atoms with Gasteiger partial charge in [-0.05, 0) is 0 Å². The van der Waals surface area contributed by atoms with Gasteiger partial charge in [-0.1, -0.05) is 11.8 Å². The number of H-pyrrole nitrogens is 1.